The van der Waals surface area contributed by atoms with Crippen molar-refractivity contribution in [1.29, 1.82) is 0 Å². The van der Waals surface area contributed by atoms with Crippen molar-refractivity contribution in [3.8, 4) is 0 Å². The number of primary amides is 1. The lowest BCUT2D eigenvalue weighted by Gasteiger charge is -2.41. The third-order valence-electron chi connectivity index (χ3n) is 3.60. The predicted octanol–water partition coefficient (Wildman–Crippen LogP) is 1.21. The molecule has 2 saturated heterocycles. The molecule has 2 fully saturated rings. The van der Waals surface area contributed by atoms with Gasteiger partial charge in [-0.3, -0.25) is 14.7 Å². The molecule has 1 amide bonds. The van der Waals surface area contributed by atoms with Crippen LogP contribution in [0.3, 0.4) is 0 Å². The average molecular weight is 276 g/mol. The third kappa shape index (κ3) is 2.35. The quantitative estimate of drug-likeness (QED) is 0.740. The van der Waals surface area contributed by atoms with Crippen molar-refractivity contribution in [2.45, 2.75) is 44.9 Å². The Morgan fingerprint density at radius 2 is 1.89 bits per heavy atom. The van der Waals surface area contributed by atoms with Gasteiger partial charge in [-0.2, -0.15) is 0 Å². The van der Waals surface area contributed by atoms with E-state index in [1.165, 1.54) is 0 Å². The van der Waals surface area contributed by atoms with Gasteiger partial charge in [-0.25, -0.2) is 0 Å². The first kappa shape index (κ1) is 14.0. The van der Waals surface area contributed by atoms with Gasteiger partial charge in [0.1, 0.15) is 5.28 Å². The Bertz CT molecular complexity index is 398. The molecule has 7 heteroatoms. The molecule has 2 heterocycles. The van der Waals surface area contributed by atoms with Crippen molar-refractivity contribution in [1.82, 2.24) is 5.32 Å². The Morgan fingerprint density at radius 3 is 2.33 bits per heavy atom. The standard InChI is InChI=1S/C11H21N2O4P/c1-10(2)6-16-18(15,17-7-10)11(3)5-4-8(13-11)9(12)14/h8,13H,4-7H2,1-3H3,(H2,12,14). The molecular weight excluding hydrogens is 255 g/mol. The molecule has 0 aliphatic carbocycles. The Balaban J connectivity index is 2.12. The number of carbonyl (C=O) groups excluding carboxylic acids is 1. The summed E-state index contributed by atoms with van der Waals surface area (Å²) in [4.78, 5) is 11.2. The molecule has 0 aromatic rings. The number of rotatable bonds is 2. The molecule has 2 unspecified atom stereocenters. The highest BCUT2D eigenvalue weighted by Crippen LogP contribution is 2.65. The fourth-order valence-electron chi connectivity index (χ4n) is 2.26. The predicted molar refractivity (Wildman–Crippen MR) is 67.0 cm³/mol. The topological polar surface area (TPSA) is 90.7 Å². The van der Waals surface area contributed by atoms with Crippen molar-refractivity contribution in [2.24, 2.45) is 11.1 Å². The lowest BCUT2D eigenvalue weighted by atomic mass is 9.97. The Morgan fingerprint density at radius 1 is 1.33 bits per heavy atom. The zero-order valence-electron chi connectivity index (χ0n) is 11.1. The first-order chi connectivity index (χ1) is 8.18. The van der Waals surface area contributed by atoms with Crippen LogP contribution in [0, 0.1) is 5.41 Å². The second-order valence-corrected chi connectivity index (χ2v) is 8.62. The minimum absolute atomic E-state index is 0.133. The number of nitrogens with one attached hydrogen (secondary N) is 1. The summed E-state index contributed by atoms with van der Waals surface area (Å²) in [6.45, 7) is 6.54. The number of nitrogens with two attached hydrogens (primary N) is 1. The second kappa shape index (κ2) is 4.30. The van der Waals surface area contributed by atoms with E-state index >= 15 is 0 Å². The van der Waals surface area contributed by atoms with Crippen molar-refractivity contribution in [3.05, 3.63) is 0 Å². The molecular formula is C11H21N2O4P. The summed E-state index contributed by atoms with van der Waals surface area (Å²) >= 11 is 0. The Hall–Kier alpha value is -0.420. The molecule has 2 rings (SSSR count). The van der Waals surface area contributed by atoms with E-state index < -0.39 is 24.8 Å². The van der Waals surface area contributed by atoms with Gasteiger partial charge in [-0.1, -0.05) is 13.8 Å². The van der Waals surface area contributed by atoms with Gasteiger partial charge in [-0.15, -0.1) is 0 Å². The van der Waals surface area contributed by atoms with Crippen molar-refractivity contribution < 1.29 is 18.4 Å². The van der Waals surface area contributed by atoms with Crippen LogP contribution in [-0.2, 0) is 18.4 Å². The molecule has 0 spiro atoms. The van der Waals surface area contributed by atoms with E-state index in [-0.39, 0.29) is 5.41 Å². The highest BCUT2D eigenvalue weighted by Gasteiger charge is 2.55. The summed E-state index contributed by atoms with van der Waals surface area (Å²) in [5.41, 5.74) is 5.13. The van der Waals surface area contributed by atoms with Gasteiger partial charge >= 0.3 is 7.60 Å². The maximum absolute atomic E-state index is 12.8. The minimum atomic E-state index is -3.25. The van der Waals surface area contributed by atoms with Crippen LogP contribution in [0.15, 0.2) is 0 Å². The monoisotopic (exact) mass is 276 g/mol. The van der Waals surface area contributed by atoms with E-state index in [1.807, 2.05) is 13.8 Å². The molecule has 2 aliphatic heterocycles. The molecule has 0 aromatic heterocycles. The molecule has 18 heavy (non-hydrogen) atoms. The molecule has 0 bridgehead atoms. The van der Waals surface area contributed by atoms with Gasteiger partial charge in [0.05, 0.1) is 19.3 Å². The maximum atomic E-state index is 12.8. The first-order valence-corrected chi connectivity index (χ1v) is 7.68. The van der Waals surface area contributed by atoms with E-state index in [0.29, 0.717) is 26.1 Å². The fourth-order valence-corrected chi connectivity index (χ4v) is 4.66. The molecule has 0 radical (unpaired) electrons. The molecule has 2 atom stereocenters. The summed E-state index contributed by atoms with van der Waals surface area (Å²) in [6.07, 6.45) is 1.12. The van der Waals surface area contributed by atoms with Gasteiger partial charge in [0, 0.05) is 5.41 Å². The number of carbonyl (C=O) groups is 1. The van der Waals surface area contributed by atoms with E-state index in [0.717, 1.165) is 0 Å². The molecule has 104 valence electrons. The van der Waals surface area contributed by atoms with Gasteiger partial charge < -0.3 is 14.8 Å². The van der Waals surface area contributed by atoms with Crippen molar-refractivity contribution in [2.75, 3.05) is 13.2 Å². The third-order valence-corrected chi connectivity index (χ3v) is 6.10. The van der Waals surface area contributed by atoms with E-state index in [1.54, 1.807) is 6.92 Å². The van der Waals surface area contributed by atoms with E-state index in [9.17, 15) is 9.36 Å². The van der Waals surface area contributed by atoms with Crippen LogP contribution >= 0.6 is 7.60 Å². The smallest absolute Gasteiger partial charge is 0.350 e. The van der Waals surface area contributed by atoms with E-state index in [2.05, 4.69) is 5.32 Å². The van der Waals surface area contributed by atoms with Crippen molar-refractivity contribution >= 4 is 13.5 Å². The zero-order valence-corrected chi connectivity index (χ0v) is 12.0. The van der Waals surface area contributed by atoms with Crippen LogP contribution in [0.5, 0.6) is 0 Å². The van der Waals surface area contributed by atoms with Gasteiger partial charge in [0.2, 0.25) is 5.91 Å². The lowest BCUT2D eigenvalue weighted by Crippen LogP contribution is -2.48. The van der Waals surface area contributed by atoms with Crippen LogP contribution in [0.2, 0.25) is 0 Å². The average Bonchev–Trinajstić information content (AvgIpc) is 2.68. The van der Waals surface area contributed by atoms with Gasteiger partial charge in [-0.05, 0) is 19.8 Å². The van der Waals surface area contributed by atoms with Gasteiger partial charge in [0.25, 0.3) is 0 Å². The molecule has 0 aromatic carbocycles. The molecule has 2 aliphatic rings. The van der Waals surface area contributed by atoms with Crippen molar-refractivity contribution in [3.63, 3.8) is 0 Å². The second-order valence-electron chi connectivity index (χ2n) is 6.12. The minimum Gasteiger partial charge on any atom is -0.368 e. The summed E-state index contributed by atoms with van der Waals surface area (Å²) in [7, 11) is -3.25. The fraction of sp³-hybridized carbons (Fsp3) is 0.909. The van der Waals surface area contributed by atoms with Gasteiger partial charge in [0.15, 0.2) is 0 Å². The van der Waals surface area contributed by atoms with Crippen LogP contribution in [0.4, 0.5) is 0 Å². The Labute approximate surface area is 107 Å². The van der Waals surface area contributed by atoms with E-state index in [4.69, 9.17) is 14.8 Å². The highest BCUT2D eigenvalue weighted by atomic mass is 31.2. The van der Waals surface area contributed by atoms with Crippen LogP contribution in [0.25, 0.3) is 0 Å². The highest BCUT2D eigenvalue weighted by molar-refractivity contribution is 7.55. The van der Waals surface area contributed by atoms with Crippen LogP contribution in [0.1, 0.15) is 33.6 Å². The summed E-state index contributed by atoms with van der Waals surface area (Å²) in [5, 5.41) is 2.20. The number of hydrogen-bond donors (Lipinski definition) is 2. The molecule has 0 saturated carbocycles. The summed E-state index contributed by atoms with van der Waals surface area (Å²) in [5.74, 6) is -0.428. The SMILES string of the molecule is CC1(C)COP(=O)(C2(C)CCC(C(N)=O)N2)OC1. The van der Waals surface area contributed by atoms with Crippen LogP contribution < -0.4 is 11.1 Å². The first-order valence-electron chi connectivity index (χ1n) is 6.14. The molecule has 3 N–H and O–H groups in total. The molecule has 6 nitrogen and oxygen atoms in total. The zero-order chi connectivity index (χ0) is 13.6. The summed E-state index contributed by atoms with van der Waals surface area (Å²) in [6, 6.07) is -0.456. The summed E-state index contributed by atoms with van der Waals surface area (Å²) < 4.78 is 23.8. The lowest BCUT2D eigenvalue weighted by molar-refractivity contribution is -0.119. The Kier molecular flexibility index (Phi) is 3.35. The number of amides is 1. The number of hydrogen-bond acceptors (Lipinski definition) is 5. The largest absolute Gasteiger partial charge is 0.368 e. The normalized spacial score (nSPS) is 38.5. The van der Waals surface area contributed by atoms with Crippen LogP contribution in [-0.4, -0.2) is 30.4 Å². The maximum Gasteiger partial charge on any atom is 0.350 e.